The molecule has 27 heavy (non-hydrogen) atoms. The van der Waals surface area contributed by atoms with E-state index in [-0.39, 0.29) is 18.9 Å². The van der Waals surface area contributed by atoms with Crippen molar-refractivity contribution in [2.45, 2.75) is 6.42 Å². The zero-order valence-electron chi connectivity index (χ0n) is 13.9. The molecule has 1 amide bonds. The van der Waals surface area contributed by atoms with E-state index in [1.54, 1.807) is 48.5 Å². The minimum absolute atomic E-state index is 0.0475. The van der Waals surface area contributed by atoms with Gasteiger partial charge in [-0.2, -0.15) is 0 Å². The molecule has 1 N–H and O–H groups in total. The highest BCUT2D eigenvalue weighted by molar-refractivity contribution is 8.27. The fourth-order valence-corrected chi connectivity index (χ4v) is 3.82. The van der Waals surface area contributed by atoms with E-state index in [2.05, 4.69) is 0 Å². The first-order valence-electron chi connectivity index (χ1n) is 7.93. The van der Waals surface area contributed by atoms with Crippen molar-refractivity contribution in [3.8, 4) is 5.75 Å². The average Bonchev–Trinajstić information content (AvgIpc) is 2.91. The molecular weight excluding hydrogens is 406 g/mol. The number of nitrogens with zero attached hydrogens (tertiary/aromatic N) is 1. The number of aliphatic carboxylic acids is 1. The van der Waals surface area contributed by atoms with Gasteiger partial charge in [-0.25, -0.2) is 0 Å². The standard InChI is InChI=1S/C19H14ClNO4S2/c20-13-5-7-14(8-6-13)21-18(24)16(27-19(21)26)11-12-3-1-2-4-15(12)25-10-9-17(22)23/h1-8,11H,9-10H2,(H,22,23)/b16-11+. The van der Waals surface area contributed by atoms with Crippen LogP contribution in [0, 0.1) is 0 Å². The van der Waals surface area contributed by atoms with Crippen molar-refractivity contribution in [2.75, 3.05) is 11.5 Å². The fraction of sp³-hybridized carbons (Fsp3) is 0.105. The molecule has 138 valence electrons. The largest absolute Gasteiger partial charge is 0.492 e. The summed E-state index contributed by atoms with van der Waals surface area (Å²) in [6.45, 7) is 0.0475. The molecule has 0 bridgehead atoms. The molecule has 5 nitrogen and oxygen atoms in total. The number of para-hydroxylation sites is 1. The summed E-state index contributed by atoms with van der Waals surface area (Å²) in [6.07, 6.45) is 1.60. The zero-order chi connectivity index (χ0) is 19.4. The molecule has 3 rings (SSSR count). The van der Waals surface area contributed by atoms with Crippen molar-refractivity contribution >= 4 is 63.5 Å². The summed E-state index contributed by atoms with van der Waals surface area (Å²) in [7, 11) is 0. The maximum atomic E-state index is 12.8. The second-order valence-corrected chi connectivity index (χ2v) is 7.64. The Kier molecular flexibility index (Phi) is 6.15. The Morgan fingerprint density at radius 3 is 2.63 bits per heavy atom. The van der Waals surface area contributed by atoms with Gasteiger partial charge in [-0.3, -0.25) is 14.5 Å². The molecule has 1 aliphatic rings. The van der Waals surface area contributed by atoms with Gasteiger partial charge in [-0.15, -0.1) is 0 Å². The van der Waals surface area contributed by atoms with Gasteiger partial charge in [0.1, 0.15) is 5.75 Å². The molecule has 0 unspecified atom stereocenters. The lowest BCUT2D eigenvalue weighted by atomic mass is 10.2. The smallest absolute Gasteiger partial charge is 0.306 e. The summed E-state index contributed by atoms with van der Waals surface area (Å²) in [5.74, 6) is -0.653. The van der Waals surface area contributed by atoms with Crippen molar-refractivity contribution in [2.24, 2.45) is 0 Å². The van der Waals surface area contributed by atoms with Crippen molar-refractivity contribution in [3.63, 3.8) is 0 Å². The van der Waals surface area contributed by atoms with E-state index in [1.165, 1.54) is 16.7 Å². The molecule has 1 aliphatic heterocycles. The van der Waals surface area contributed by atoms with Crippen LogP contribution >= 0.6 is 35.6 Å². The number of hydrogen-bond donors (Lipinski definition) is 1. The van der Waals surface area contributed by atoms with E-state index in [0.717, 1.165) is 0 Å². The Morgan fingerprint density at radius 2 is 1.93 bits per heavy atom. The van der Waals surface area contributed by atoms with Crippen molar-refractivity contribution in [1.82, 2.24) is 0 Å². The summed E-state index contributed by atoms with van der Waals surface area (Å²) in [5.41, 5.74) is 1.33. The topological polar surface area (TPSA) is 66.8 Å². The molecule has 0 atom stereocenters. The minimum Gasteiger partial charge on any atom is -0.492 e. The third-order valence-electron chi connectivity index (χ3n) is 3.66. The van der Waals surface area contributed by atoms with E-state index in [4.69, 9.17) is 33.7 Å². The molecular formula is C19H14ClNO4S2. The Morgan fingerprint density at radius 1 is 1.22 bits per heavy atom. The van der Waals surface area contributed by atoms with Crippen LogP contribution in [0.2, 0.25) is 5.02 Å². The van der Waals surface area contributed by atoms with Gasteiger partial charge in [0.2, 0.25) is 0 Å². The minimum atomic E-state index is -0.934. The summed E-state index contributed by atoms with van der Waals surface area (Å²) in [6, 6.07) is 14.0. The van der Waals surface area contributed by atoms with Gasteiger partial charge >= 0.3 is 5.97 Å². The number of rotatable bonds is 6. The fourth-order valence-electron chi connectivity index (χ4n) is 2.40. The predicted molar refractivity (Wildman–Crippen MR) is 111 cm³/mol. The summed E-state index contributed by atoms with van der Waals surface area (Å²) >= 11 is 12.5. The number of thiocarbonyl (C=S) groups is 1. The third kappa shape index (κ3) is 4.68. The van der Waals surface area contributed by atoms with Gasteiger partial charge in [0.25, 0.3) is 5.91 Å². The van der Waals surface area contributed by atoms with Crippen LogP contribution in [-0.2, 0) is 9.59 Å². The van der Waals surface area contributed by atoms with Gasteiger partial charge in [-0.1, -0.05) is 53.8 Å². The molecule has 0 spiro atoms. The SMILES string of the molecule is O=C(O)CCOc1ccccc1/C=C1/SC(=S)N(c2ccc(Cl)cc2)C1=O. The molecule has 1 fully saturated rings. The van der Waals surface area contributed by atoms with Crippen molar-refractivity contribution in [3.05, 3.63) is 64.0 Å². The van der Waals surface area contributed by atoms with E-state index in [9.17, 15) is 9.59 Å². The first kappa shape index (κ1) is 19.4. The molecule has 0 radical (unpaired) electrons. The number of halogens is 1. The number of benzene rings is 2. The maximum absolute atomic E-state index is 12.8. The number of anilines is 1. The van der Waals surface area contributed by atoms with Crippen LogP contribution < -0.4 is 9.64 Å². The lowest BCUT2D eigenvalue weighted by Crippen LogP contribution is -2.27. The van der Waals surface area contributed by atoms with Crippen LogP contribution in [-0.4, -0.2) is 27.9 Å². The highest BCUT2D eigenvalue weighted by Gasteiger charge is 2.33. The van der Waals surface area contributed by atoms with E-state index in [1.807, 2.05) is 6.07 Å². The van der Waals surface area contributed by atoms with Crippen LogP contribution in [0.25, 0.3) is 6.08 Å². The number of carboxylic acid groups (broad SMARTS) is 1. The molecule has 0 aliphatic carbocycles. The first-order chi connectivity index (χ1) is 13.0. The Hall–Kier alpha value is -2.35. The number of carboxylic acids is 1. The lowest BCUT2D eigenvalue weighted by Gasteiger charge is -2.14. The highest BCUT2D eigenvalue weighted by atomic mass is 35.5. The number of ether oxygens (including phenoxy) is 1. The average molecular weight is 420 g/mol. The predicted octanol–water partition coefficient (Wildman–Crippen LogP) is 4.60. The summed E-state index contributed by atoms with van der Waals surface area (Å²) in [5, 5.41) is 9.32. The normalized spacial score (nSPS) is 15.4. The molecule has 8 heteroatoms. The highest BCUT2D eigenvalue weighted by Crippen LogP contribution is 2.37. The maximum Gasteiger partial charge on any atom is 0.306 e. The van der Waals surface area contributed by atoms with Crippen LogP contribution in [0.3, 0.4) is 0 Å². The second kappa shape index (κ2) is 8.56. The van der Waals surface area contributed by atoms with Gasteiger partial charge in [0, 0.05) is 10.6 Å². The zero-order valence-corrected chi connectivity index (χ0v) is 16.3. The molecule has 1 saturated heterocycles. The monoisotopic (exact) mass is 419 g/mol. The van der Waals surface area contributed by atoms with Gasteiger partial charge in [0.15, 0.2) is 4.32 Å². The van der Waals surface area contributed by atoms with Crippen LogP contribution in [0.15, 0.2) is 53.4 Å². The van der Waals surface area contributed by atoms with Crippen LogP contribution in [0.1, 0.15) is 12.0 Å². The number of carbonyl (C=O) groups is 2. The van der Waals surface area contributed by atoms with Crippen molar-refractivity contribution in [1.29, 1.82) is 0 Å². The Labute approximate surface area is 170 Å². The number of carbonyl (C=O) groups excluding carboxylic acids is 1. The molecule has 0 aromatic heterocycles. The quantitative estimate of drug-likeness (QED) is 0.545. The Balaban J connectivity index is 1.84. The molecule has 0 saturated carbocycles. The second-order valence-electron chi connectivity index (χ2n) is 5.52. The number of hydrogen-bond acceptors (Lipinski definition) is 5. The van der Waals surface area contributed by atoms with Crippen LogP contribution in [0.5, 0.6) is 5.75 Å². The van der Waals surface area contributed by atoms with E-state index >= 15 is 0 Å². The number of amides is 1. The molecule has 2 aromatic carbocycles. The van der Waals surface area contributed by atoms with Gasteiger partial charge in [0.05, 0.1) is 23.6 Å². The third-order valence-corrected chi connectivity index (χ3v) is 5.21. The van der Waals surface area contributed by atoms with Crippen LogP contribution in [0.4, 0.5) is 5.69 Å². The lowest BCUT2D eigenvalue weighted by molar-refractivity contribution is -0.137. The van der Waals surface area contributed by atoms with E-state index < -0.39 is 5.97 Å². The van der Waals surface area contributed by atoms with E-state index in [0.29, 0.717) is 31.2 Å². The summed E-state index contributed by atoms with van der Waals surface area (Å²) in [4.78, 5) is 25.4. The summed E-state index contributed by atoms with van der Waals surface area (Å²) < 4.78 is 5.97. The first-order valence-corrected chi connectivity index (χ1v) is 9.53. The molecule has 1 heterocycles. The Bertz CT molecular complexity index is 928. The van der Waals surface area contributed by atoms with Crippen molar-refractivity contribution < 1.29 is 19.4 Å². The molecule has 2 aromatic rings. The number of thioether (sulfide) groups is 1. The van der Waals surface area contributed by atoms with Gasteiger partial charge in [-0.05, 0) is 36.4 Å². The van der Waals surface area contributed by atoms with Gasteiger partial charge < -0.3 is 9.84 Å².